The van der Waals surface area contributed by atoms with E-state index in [2.05, 4.69) is 20.9 Å². The van der Waals surface area contributed by atoms with Gasteiger partial charge in [0.05, 0.1) is 33.6 Å². The summed E-state index contributed by atoms with van der Waals surface area (Å²) in [6.45, 7) is 0. The first-order valence-electron chi connectivity index (χ1n) is 8.55. The van der Waals surface area contributed by atoms with Crippen molar-refractivity contribution in [2.24, 2.45) is 4.99 Å². The molecule has 0 atom stereocenters. The number of carbonyl (C=O) groups excluding carboxylic acids is 2. The third kappa shape index (κ3) is 4.59. The molecule has 146 valence electrons. The van der Waals surface area contributed by atoms with Crippen LogP contribution in [0.25, 0.3) is 0 Å². The topological polar surface area (TPSA) is 82.6 Å². The molecule has 0 saturated heterocycles. The number of halogens is 2. The summed E-state index contributed by atoms with van der Waals surface area (Å²) in [5.74, 6) is -0.128. The maximum Gasteiger partial charge on any atom is 0.323 e. The van der Waals surface area contributed by atoms with Gasteiger partial charge in [0.25, 0.3) is 0 Å². The predicted octanol–water partition coefficient (Wildman–Crippen LogP) is 6.16. The molecule has 9 heteroatoms. The van der Waals surface area contributed by atoms with Crippen molar-refractivity contribution in [2.45, 2.75) is 6.42 Å². The number of rotatable bonds is 3. The van der Waals surface area contributed by atoms with Gasteiger partial charge in [0.15, 0.2) is 0 Å². The van der Waals surface area contributed by atoms with Crippen LogP contribution in [0, 0.1) is 0 Å². The second-order valence-electron chi connectivity index (χ2n) is 6.24. The Morgan fingerprint density at radius 2 is 1.83 bits per heavy atom. The monoisotopic (exact) mass is 444 g/mol. The molecule has 6 nitrogen and oxygen atoms in total. The minimum atomic E-state index is -0.429. The summed E-state index contributed by atoms with van der Waals surface area (Å²) < 4.78 is 0. The van der Waals surface area contributed by atoms with Crippen LogP contribution in [-0.2, 0) is 4.79 Å². The first-order valence-corrected chi connectivity index (χ1v) is 10.2. The van der Waals surface area contributed by atoms with Crippen molar-refractivity contribution >= 4 is 74.9 Å². The second-order valence-corrected chi connectivity index (χ2v) is 7.80. The Balaban J connectivity index is 1.52. The lowest BCUT2D eigenvalue weighted by atomic mass is 10.1. The molecule has 3 N–H and O–H groups in total. The molecule has 0 unspecified atom stereocenters. The smallest absolute Gasteiger partial charge is 0.323 e. The molecule has 0 fully saturated rings. The van der Waals surface area contributed by atoms with Crippen LogP contribution in [0.3, 0.4) is 0 Å². The minimum Gasteiger partial charge on any atom is -0.323 e. The van der Waals surface area contributed by atoms with Gasteiger partial charge in [-0.1, -0.05) is 35.3 Å². The van der Waals surface area contributed by atoms with Crippen molar-refractivity contribution in [1.82, 2.24) is 0 Å². The fourth-order valence-corrected chi connectivity index (χ4v) is 3.80. The summed E-state index contributed by atoms with van der Waals surface area (Å²) in [5, 5.41) is 12.8. The first-order chi connectivity index (χ1) is 14.0. The average molecular weight is 445 g/mol. The van der Waals surface area contributed by atoms with Crippen molar-refractivity contribution in [3.63, 3.8) is 0 Å². The van der Waals surface area contributed by atoms with Crippen LogP contribution in [0.5, 0.6) is 0 Å². The molecule has 0 aliphatic carbocycles. The summed E-state index contributed by atoms with van der Waals surface area (Å²) >= 11 is 13.3. The van der Waals surface area contributed by atoms with Gasteiger partial charge >= 0.3 is 6.03 Å². The summed E-state index contributed by atoms with van der Waals surface area (Å²) in [7, 11) is 0. The third-order valence-electron chi connectivity index (χ3n) is 4.13. The van der Waals surface area contributed by atoms with Gasteiger partial charge in [0, 0.05) is 22.1 Å². The Morgan fingerprint density at radius 3 is 2.62 bits per heavy atom. The van der Waals surface area contributed by atoms with Crippen LogP contribution in [-0.4, -0.2) is 17.6 Å². The van der Waals surface area contributed by atoms with Crippen LogP contribution >= 0.6 is 34.5 Å². The van der Waals surface area contributed by atoms with Crippen LogP contribution < -0.4 is 16.0 Å². The van der Waals surface area contributed by atoms with Gasteiger partial charge in [-0.3, -0.25) is 4.79 Å². The molecule has 1 aliphatic heterocycles. The number of hydrogen-bond acceptors (Lipinski definition) is 4. The molecule has 0 spiro atoms. The lowest BCUT2D eigenvalue weighted by Crippen LogP contribution is -2.20. The number of hydrogen-bond donors (Lipinski definition) is 3. The summed E-state index contributed by atoms with van der Waals surface area (Å²) in [6.07, 6.45) is 0.151. The number of amides is 3. The van der Waals surface area contributed by atoms with Crippen molar-refractivity contribution in [1.29, 1.82) is 0 Å². The number of thiophene rings is 1. The van der Waals surface area contributed by atoms with E-state index in [1.807, 2.05) is 16.8 Å². The Hall–Kier alpha value is -2.87. The SMILES string of the molecule is O=C1CC(c2cccc(NC(=O)Nc3ccc(Cl)c(Cl)c3)c2)=Nc2cscc2N1. The zero-order valence-electron chi connectivity index (χ0n) is 14.8. The molecule has 0 radical (unpaired) electrons. The summed E-state index contributed by atoms with van der Waals surface area (Å²) in [6, 6.07) is 11.6. The van der Waals surface area contributed by atoms with Gasteiger partial charge in [-0.2, -0.15) is 0 Å². The zero-order valence-corrected chi connectivity index (χ0v) is 17.2. The third-order valence-corrected chi connectivity index (χ3v) is 5.60. The van der Waals surface area contributed by atoms with Crippen molar-refractivity contribution in [2.75, 3.05) is 16.0 Å². The average Bonchev–Trinajstić information content (AvgIpc) is 3.04. The number of anilines is 3. The van der Waals surface area contributed by atoms with E-state index >= 15 is 0 Å². The maximum absolute atomic E-state index is 12.3. The number of carbonyl (C=O) groups is 2. The predicted molar refractivity (Wildman–Crippen MR) is 119 cm³/mol. The molecule has 3 amide bonds. The van der Waals surface area contributed by atoms with Crippen molar-refractivity contribution < 1.29 is 9.59 Å². The molecular formula is C20H14Cl2N4O2S. The van der Waals surface area contributed by atoms with E-state index in [-0.39, 0.29) is 12.3 Å². The number of benzene rings is 2. The molecule has 0 bridgehead atoms. The van der Waals surface area contributed by atoms with E-state index in [1.165, 1.54) is 11.3 Å². The quantitative estimate of drug-likeness (QED) is 0.451. The highest BCUT2D eigenvalue weighted by molar-refractivity contribution is 7.09. The Bertz CT molecular complexity index is 1140. The standard InChI is InChI=1S/C20H14Cl2N4O2S/c21-14-5-4-13(7-15(14)22)24-20(28)23-12-3-1-2-11(6-12)16-8-19(27)26-18-10-29-9-17(18)25-16/h1-7,9-10H,8H2,(H,26,27)(H2,23,24,28). The Morgan fingerprint density at radius 1 is 1.03 bits per heavy atom. The highest BCUT2D eigenvalue weighted by atomic mass is 35.5. The Labute approximate surface area is 180 Å². The molecule has 29 heavy (non-hydrogen) atoms. The highest BCUT2D eigenvalue weighted by Gasteiger charge is 2.18. The number of aliphatic imine (C=N–C) groups is 1. The van der Waals surface area contributed by atoms with Crippen LogP contribution in [0.1, 0.15) is 12.0 Å². The van der Waals surface area contributed by atoms with E-state index in [9.17, 15) is 9.59 Å². The van der Waals surface area contributed by atoms with Crippen LogP contribution in [0.15, 0.2) is 58.2 Å². The van der Waals surface area contributed by atoms with Gasteiger partial charge in [0.2, 0.25) is 5.91 Å². The number of urea groups is 1. The van der Waals surface area contributed by atoms with Gasteiger partial charge in [-0.05, 0) is 35.9 Å². The largest absolute Gasteiger partial charge is 0.323 e. The molecule has 3 aromatic rings. The number of nitrogens with zero attached hydrogens (tertiary/aromatic N) is 1. The number of nitrogens with one attached hydrogen (secondary N) is 3. The van der Waals surface area contributed by atoms with E-state index in [1.54, 1.807) is 36.4 Å². The van der Waals surface area contributed by atoms with E-state index < -0.39 is 6.03 Å². The van der Waals surface area contributed by atoms with E-state index in [0.717, 1.165) is 11.3 Å². The normalized spacial score (nSPS) is 13.0. The molecule has 2 heterocycles. The molecular weight excluding hydrogens is 431 g/mol. The van der Waals surface area contributed by atoms with Crippen molar-refractivity contribution in [3.8, 4) is 0 Å². The van der Waals surface area contributed by atoms with Gasteiger partial charge in [-0.15, -0.1) is 11.3 Å². The highest BCUT2D eigenvalue weighted by Crippen LogP contribution is 2.33. The number of fused-ring (bicyclic) bond motifs is 1. The Kier molecular flexibility index (Phi) is 5.53. The van der Waals surface area contributed by atoms with E-state index in [4.69, 9.17) is 23.2 Å². The molecule has 2 aromatic carbocycles. The van der Waals surface area contributed by atoms with Crippen LogP contribution in [0.2, 0.25) is 10.0 Å². The van der Waals surface area contributed by atoms with Gasteiger partial charge < -0.3 is 16.0 Å². The lowest BCUT2D eigenvalue weighted by molar-refractivity contribution is -0.115. The lowest BCUT2D eigenvalue weighted by Gasteiger charge is -2.10. The van der Waals surface area contributed by atoms with E-state index in [0.29, 0.717) is 32.8 Å². The molecule has 1 aliphatic rings. The summed E-state index contributed by atoms with van der Waals surface area (Å²) in [4.78, 5) is 29.1. The van der Waals surface area contributed by atoms with Gasteiger partial charge in [0.1, 0.15) is 0 Å². The second kappa shape index (κ2) is 8.24. The fourth-order valence-electron chi connectivity index (χ4n) is 2.81. The zero-order chi connectivity index (χ0) is 20.4. The summed E-state index contributed by atoms with van der Waals surface area (Å²) in [5.41, 5.74) is 3.91. The maximum atomic E-state index is 12.3. The molecule has 0 saturated carbocycles. The molecule has 1 aromatic heterocycles. The molecule has 4 rings (SSSR count). The van der Waals surface area contributed by atoms with Crippen LogP contribution in [0.4, 0.5) is 27.5 Å². The first kappa shape index (κ1) is 19.4. The van der Waals surface area contributed by atoms with Gasteiger partial charge in [-0.25, -0.2) is 9.79 Å². The fraction of sp³-hybridized carbons (Fsp3) is 0.0500. The minimum absolute atomic E-state index is 0.128. The van der Waals surface area contributed by atoms with Crippen molar-refractivity contribution in [3.05, 3.63) is 68.8 Å².